The van der Waals surface area contributed by atoms with E-state index in [0.29, 0.717) is 24.4 Å². The highest BCUT2D eigenvalue weighted by Gasteiger charge is 2.28. The number of aryl methyl sites for hydroxylation is 2. The molecule has 0 radical (unpaired) electrons. The topological polar surface area (TPSA) is 58.6 Å². The Hall–Kier alpha value is -3.45. The Bertz CT molecular complexity index is 1390. The molecule has 0 spiro atoms. The van der Waals surface area contributed by atoms with Gasteiger partial charge in [-0.15, -0.1) is 11.3 Å². The molecular weight excluding hydrogens is 468 g/mol. The third-order valence-corrected chi connectivity index (χ3v) is 8.42. The molecule has 0 saturated carbocycles. The molecule has 4 aromatic rings. The second-order valence-electron chi connectivity index (χ2n) is 9.53. The number of carbonyl (C=O) groups is 1. The summed E-state index contributed by atoms with van der Waals surface area (Å²) in [6.07, 6.45) is 5.46. The molecule has 2 aliphatic rings. The summed E-state index contributed by atoms with van der Waals surface area (Å²) in [4.78, 5) is 30.3. The van der Waals surface area contributed by atoms with Crippen LogP contribution in [-0.4, -0.2) is 54.1 Å². The first-order valence-corrected chi connectivity index (χ1v) is 13.5. The highest BCUT2D eigenvalue weighted by atomic mass is 32.1. The van der Waals surface area contributed by atoms with Gasteiger partial charge in [-0.3, -0.25) is 4.79 Å². The molecule has 7 heteroatoms. The van der Waals surface area contributed by atoms with Gasteiger partial charge in [0.05, 0.1) is 12.5 Å². The third-order valence-electron chi connectivity index (χ3n) is 7.23. The van der Waals surface area contributed by atoms with Crippen molar-refractivity contribution in [3.05, 3.63) is 82.0 Å². The summed E-state index contributed by atoms with van der Waals surface area (Å²) in [5, 5.41) is 1.25. The van der Waals surface area contributed by atoms with Crippen molar-refractivity contribution < 1.29 is 9.53 Å². The van der Waals surface area contributed by atoms with Crippen LogP contribution in [0.2, 0.25) is 0 Å². The van der Waals surface area contributed by atoms with Crippen molar-refractivity contribution in [2.45, 2.75) is 32.1 Å². The van der Waals surface area contributed by atoms with Gasteiger partial charge in [-0.05, 0) is 55.0 Å². The average molecular weight is 499 g/mol. The molecule has 0 bridgehead atoms. The highest BCUT2D eigenvalue weighted by Crippen LogP contribution is 2.40. The number of thiophene rings is 1. The van der Waals surface area contributed by atoms with Gasteiger partial charge in [-0.25, -0.2) is 9.97 Å². The van der Waals surface area contributed by atoms with E-state index in [9.17, 15) is 4.79 Å². The maximum absolute atomic E-state index is 13.2. The Kier molecular flexibility index (Phi) is 6.32. The Balaban J connectivity index is 1.29. The molecule has 6 rings (SSSR count). The molecule has 1 aliphatic carbocycles. The van der Waals surface area contributed by atoms with Gasteiger partial charge in [0.1, 0.15) is 22.2 Å². The van der Waals surface area contributed by atoms with Gasteiger partial charge in [0.2, 0.25) is 0 Å². The van der Waals surface area contributed by atoms with Crippen molar-refractivity contribution >= 4 is 33.3 Å². The van der Waals surface area contributed by atoms with Crippen molar-refractivity contribution in [2.24, 2.45) is 0 Å². The lowest BCUT2D eigenvalue weighted by Gasteiger charge is -2.36. The molecule has 1 saturated heterocycles. The van der Waals surface area contributed by atoms with E-state index in [0.717, 1.165) is 48.8 Å². The van der Waals surface area contributed by atoms with Crippen LogP contribution in [0.1, 0.15) is 45.0 Å². The van der Waals surface area contributed by atoms with Crippen LogP contribution in [0.5, 0.6) is 5.75 Å². The molecule has 6 nitrogen and oxygen atoms in total. The first-order chi connectivity index (χ1) is 17.7. The lowest BCUT2D eigenvalue weighted by Crippen LogP contribution is -2.49. The summed E-state index contributed by atoms with van der Waals surface area (Å²) in [7, 11) is 1.63. The summed E-state index contributed by atoms with van der Waals surface area (Å²) in [5.41, 5.74) is 3.35. The number of aromatic nitrogens is 2. The van der Waals surface area contributed by atoms with E-state index >= 15 is 0 Å². The fourth-order valence-corrected chi connectivity index (χ4v) is 6.60. The number of carbonyl (C=O) groups excluding carboxylic acids is 1. The van der Waals surface area contributed by atoms with Crippen LogP contribution in [0.15, 0.2) is 54.6 Å². The number of amides is 1. The summed E-state index contributed by atoms with van der Waals surface area (Å²) in [6, 6.07) is 17.9. The maximum atomic E-state index is 13.2. The number of fused-ring (bicyclic) bond motifs is 3. The fraction of sp³-hybridized carbons (Fsp3) is 0.345. The van der Waals surface area contributed by atoms with E-state index in [2.05, 4.69) is 29.2 Å². The molecule has 0 N–H and O–H groups in total. The van der Waals surface area contributed by atoms with Gasteiger partial charge in [-0.1, -0.05) is 36.4 Å². The molecule has 0 atom stereocenters. The molecule has 1 fully saturated rings. The van der Waals surface area contributed by atoms with E-state index in [4.69, 9.17) is 14.7 Å². The van der Waals surface area contributed by atoms with Crippen molar-refractivity contribution in [1.29, 1.82) is 0 Å². The van der Waals surface area contributed by atoms with E-state index in [1.807, 2.05) is 46.6 Å². The first-order valence-electron chi connectivity index (χ1n) is 12.7. The normalized spacial score (nSPS) is 15.7. The minimum Gasteiger partial charge on any atom is -0.497 e. The molecule has 184 valence electrons. The number of nitrogens with zero attached hydrogens (tertiary/aromatic N) is 4. The number of anilines is 1. The van der Waals surface area contributed by atoms with E-state index in [1.54, 1.807) is 7.11 Å². The Morgan fingerprint density at radius 3 is 2.58 bits per heavy atom. The average Bonchev–Trinajstić information content (AvgIpc) is 3.31. The van der Waals surface area contributed by atoms with Crippen LogP contribution in [0, 0.1) is 0 Å². The third kappa shape index (κ3) is 4.44. The largest absolute Gasteiger partial charge is 0.497 e. The van der Waals surface area contributed by atoms with Crippen LogP contribution in [-0.2, 0) is 19.3 Å². The fourth-order valence-electron chi connectivity index (χ4n) is 5.33. The van der Waals surface area contributed by atoms with Crippen molar-refractivity contribution in [1.82, 2.24) is 14.9 Å². The number of benzene rings is 2. The zero-order chi connectivity index (χ0) is 24.5. The second-order valence-corrected chi connectivity index (χ2v) is 10.6. The molecule has 2 aromatic carbocycles. The van der Waals surface area contributed by atoms with Crippen LogP contribution in [0.4, 0.5) is 5.82 Å². The number of piperazine rings is 1. The summed E-state index contributed by atoms with van der Waals surface area (Å²) >= 11 is 1.85. The predicted octanol–water partition coefficient (Wildman–Crippen LogP) is 5.13. The monoisotopic (exact) mass is 498 g/mol. The second kappa shape index (κ2) is 9.90. The molecule has 0 unspecified atom stereocenters. The Morgan fingerprint density at radius 2 is 1.78 bits per heavy atom. The maximum Gasteiger partial charge on any atom is 0.254 e. The predicted molar refractivity (Wildman–Crippen MR) is 144 cm³/mol. The summed E-state index contributed by atoms with van der Waals surface area (Å²) < 4.78 is 5.31. The number of ether oxygens (including phenoxy) is 1. The minimum absolute atomic E-state index is 0.0547. The zero-order valence-corrected chi connectivity index (χ0v) is 21.4. The summed E-state index contributed by atoms with van der Waals surface area (Å²) in [5.74, 6) is 2.69. The van der Waals surface area contributed by atoms with Gasteiger partial charge in [0.15, 0.2) is 0 Å². The SMILES string of the molecule is COc1cccc(C(=O)N2CCN(c3nc(Cc4ccccc4)nc4sc5c(c34)CCCC5)CC2)c1. The van der Waals surface area contributed by atoms with Crippen LogP contribution >= 0.6 is 11.3 Å². The van der Waals surface area contributed by atoms with Crippen molar-refractivity contribution in [3.8, 4) is 5.75 Å². The lowest BCUT2D eigenvalue weighted by atomic mass is 9.96. The standard InChI is InChI=1S/C29H30N4O2S/c1-35-22-11-7-10-21(19-22)29(34)33-16-14-32(15-17-33)27-26-23-12-5-6-13-24(23)36-28(26)31-25(30-27)18-20-8-3-2-4-9-20/h2-4,7-11,19H,5-6,12-18H2,1H3. The zero-order valence-electron chi connectivity index (χ0n) is 20.6. The molecule has 1 amide bonds. The summed E-state index contributed by atoms with van der Waals surface area (Å²) in [6.45, 7) is 2.86. The number of hydrogen-bond donors (Lipinski definition) is 0. The molecular formula is C29H30N4O2S. The van der Waals surface area contributed by atoms with E-state index in [-0.39, 0.29) is 5.91 Å². The van der Waals surface area contributed by atoms with Crippen LogP contribution in [0.25, 0.3) is 10.2 Å². The van der Waals surface area contributed by atoms with Crippen molar-refractivity contribution in [2.75, 3.05) is 38.2 Å². The molecule has 3 heterocycles. The van der Waals surface area contributed by atoms with Gasteiger partial charge < -0.3 is 14.5 Å². The van der Waals surface area contributed by atoms with Gasteiger partial charge in [0, 0.05) is 43.0 Å². The molecule has 36 heavy (non-hydrogen) atoms. The molecule has 2 aromatic heterocycles. The highest BCUT2D eigenvalue weighted by molar-refractivity contribution is 7.19. The Labute approximate surface area is 215 Å². The van der Waals surface area contributed by atoms with E-state index in [1.165, 1.54) is 34.2 Å². The smallest absolute Gasteiger partial charge is 0.254 e. The quantitative estimate of drug-likeness (QED) is 0.382. The minimum atomic E-state index is 0.0547. The van der Waals surface area contributed by atoms with Gasteiger partial charge >= 0.3 is 0 Å². The Morgan fingerprint density at radius 1 is 0.972 bits per heavy atom. The number of rotatable bonds is 5. The van der Waals surface area contributed by atoms with Gasteiger partial charge in [-0.2, -0.15) is 0 Å². The van der Waals surface area contributed by atoms with Gasteiger partial charge in [0.25, 0.3) is 5.91 Å². The van der Waals surface area contributed by atoms with Crippen LogP contribution in [0.3, 0.4) is 0 Å². The van der Waals surface area contributed by atoms with Crippen molar-refractivity contribution in [3.63, 3.8) is 0 Å². The number of methoxy groups -OCH3 is 1. The number of hydrogen-bond acceptors (Lipinski definition) is 6. The first kappa shape index (κ1) is 23.0. The lowest BCUT2D eigenvalue weighted by molar-refractivity contribution is 0.0746. The van der Waals surface area contributed by atoms with Crippen LogP contribution < -0.4 is 9.64 Å². The van der Waals surface area contributed by atoms with E-state index < -0.39 is 0 Å². The molecule has 1 aliphatic heterocycles.